The highest BCUT2D eigenvalue weighted by atomic mass is 16.6. The Balaban J connectivity index is 1.87. The molecule has 1 heterocycles. The van der Waals surface area contributed by atoms with Crippen molar-refractivity contribution < 1.29 is 14.6 Å². The van der Waals surface area contributed by atoms with E-state index in [0.717, 1.165) is 19.5 Å². The number of hydrogen-bond acceptors (Lipinski definition) is 3. The number of hydrogen-bond donors (Lipinski definition) is 1. The summed E-state index contributed by atoms with van der Waals surface area (Å²) in [4.78, 5) is 13.6. The minimum absolute atomic E-state index is 0.210. The van der Waals surface area contributed by atoms with Crippen molar-refractivity contribution in [1.29, 1.82) is 0 Å². The number of carbonyl (C=O) groups excluding carboxylic acids is 1. The maximum absolute atomic E-state index is 11.8. The van der Waals surface area contributed by atoms with Gasteiger partial charge in [-0.1, -0.05) is 0 Å². The Bertz CT molecular complexity index is 284. The van der Waals surface area contributed by atoms with Gasteiger partial charge >= 0.3 is 6.09 Å². The number of fused-ring (bicyclic) bond motifs is 1. The van der Waals surface area contributed by atoms with Crippen LogP contribution in [-0.2, 0) is 4.74 Å². The molecule has 2 rings (SSSR count). The van der Waals surface area contributed by atoms with Crippen LogP contribution in [0, 0.1) is 17.8 Å². The van der Waals surface area contributed by atoms with E-state index < -0.39 is 5.60 Å². The third kappa shape index (κ3) is 2.17. The molecule has 0 bridgehead atoms. The fourth-order valence-electron chi connectivity index (χ4n) is 2.73. The van der Waals surface area contributed by atoms with Gasteiger partial charge in [-0.15, -0.1) is 0 Å². The van der Waals surface area contributed by atoms with Crippen molar-refractivity contribution in [3.05, 3.63) is 0 Å². The normalized spacial score (nSPS) is 33.2. The van der Waals surface area contributed by atoms with Gasteiger partial charge in [0.2, 0.25) is 0 Å². The molecule has 1 amide bonds. The van der Waals surface area contributed by atoms with Crippen LogP contribution < -0.4 is 0 Å². The average molecular weight is 227 g/mol. The lowest BCUT2D eigenvalue weighted by atomic mass is 9.67. The molecule has 16 heavy (non-hydrogen) atoms. The first-order valence-electron chi connectivity index (χ1n) is 5.99. The molecule has 3 atom stereocenters. The van der Waals surface area contributed by atoms with Gasteiger partial charge in [-0.05, 0) is 44.9 Å². The first-order chi connectivity index (χ1) is 7.40. The van der Waals surface area contributed by atoms with E-state index in [1.807, 2.05) is 20.8 Å². The summed E-state index contributed by atoms with van der Waals surface area (Å²) in [6.45, 7) is 7.45. The average Bonchev–Trinajstić information content (AvgIpc) is 2.43. The van der Waals surface area contributed by atoms with Gasteiger partial charge in [0, 0.05) is 19.7 Å². The topological polar surface area (TPSA) is 49.8 Å². The summed E-state index contributed by atoms with van der Waals surface area (Å²) >= 11 is 0. The molecule has 2 aliphatic rings. The summed E-state index contributed by atoms with van der Waals surface area (Å²) in [5.74, 6) is 1.49. The second kappa shape index (κ2) is 3.91. The molecule has 1 aliphatic heterocycles. The van der Waals surface area contributed by atoms with Crippen molar-refractivity contribution in [2.45, 2.75) is 32.8 Å². The zero-order valence-electron chi connectivity index (χ0n) is 10.3. The maximum atomic E-state index is 11.8. The van der Waals surface area contributed by atoms with Gasteiger partial charge < -0.3 is 14.7 Å². The lowest BCUT2D eigenvalue weighted by Gasteiger charge is -2.37. The van der Waals surface area contributed by atoms with Crippen LogP contribution in [0.1, 0.15) is 27.2 Å². The van der Waals surface area contributed by atoms with Gasteiger partial charge in [-0.3, -0.25) is 0 Å². The second-order valence-electron chi connectivity index (χ2n) is 5.99. The summed E-state index contributed by atoms with van der Waals surface area (Å²) in [5.41, 5.74) is -0.422. The minimum atomic E-state index is -0.422. The van der Waals surface area contributed by atoms with Gasteiger partial charge in [0.25, 0.3) is 0 Å². The lowest BCUT2D eigenvalue weighted by molar-refractivity contribution is 0.0283. The third-order valence-electron chi connectivity index (χ3n) is 3.59. The van der Waals surface area contributed by atoms with Crippen LogP contribution in [0.3, 0.4) is 0 Å². The minimum Gasteiger partial charge on any atom is -0.444 e. The molecule has 2 fully saturated rings. The lowest BCUT2D eigenvalue weighted by Crippen LogP contribution is -2.37. The van der Waals surface area contributed by atoms with E-state index in [0.29, 0.717) is 17.8 Å². The summed E-state index contributed by atoms with van der Waals surface area (Å²) < 4.78 is 5.34. The van der Waals surface area contributed by atoms with Crippen molar-refractivity contribution >= 4 is 6.09 Å². The SMILES string of the molecule is CC(C)(C)OC(=O)N1CC2CC(CO)C2C1. The second-order valence-corrected chi connectivity index (χ2v) is 5.99. The first-order valence-corrected chi connectivity index (χ1v) is 5.99. The maximum Gasteiger partial charge on any atom is 0.410 e. The molecule has 0 aromatic carbocycles. The Morgan fingerprint density at radius 2 is 2.12 bits per heavy atom. The number of ether oxygens (including phenoxy) is 1. The summed E-state index contributed by atoms with van der Waals surface area (Å²) in [7, 11) is 0. The van der Waals surface area contributed by atoms with Gasteiger partial charge in [-0.2, -0.15) is 0 Å². The fraction of sp³-hybridized carbons (Fsp3) is 0.917. The molecule has 1 saturated carbocycles. The molecule has 4 nitrogen and oxygen atoms in total. The number of nitrogens with zero attached hydrogens (tertiary/aromatic N) is 1. The van der Waals surface area contributed by atoms with Gasteiger partial charge in [-0.25, -0.2) is 4.79 Å². The molecule has 4 heteroatoms. The van der Waals surface area contributed by atoms with Crippen LogP contribution in [0.25, 0.3) is 0 Å². The number of carbonyl (C=O) groups is 1. The van der Waals surface area contributed by atoms with Crippen LogP contribution in [-0.4, -0.2) is 41.4 Å². The molecular weight excluding hydrogens is 206 g/mol. The largest absolute Gasteiger partial charge is 0.444 e. The Kier molecular flexibility index (Phi) is 2.86. The smallest absolute Gasteiger partial charge is 0.410 e. The highest BCUT2D eigenvalue weighted by molar-refractivity contribution is 5.68. The highest BCUT2D eigenvalue weighted by Gasteiger charge is 2.48. The van der Waals surface area contributed by atoms with Crippen LogP contribution in [0.4, 0.5) is 4.79 Å². The highest BCUT2D eigenvalue weighted by Crippen LogP contribution is 2.45. The van der Waals surface area contributed by atoms with E-state index in [9.17, 15) is 4.79 Å². The molecule has 0 radical (unpaired) electrons. The standard InChI is InChI=1S/C12H21NO3/c1-12(2,3)16-11(15)13-5-8-4-9(7-14)10(8)6-13/h8-10,14H,4-7H2,1-3H3. The third-order valence-corrected chi connectivity index (χ3v) is 3.59. The van der Waals surface area contributed by atoms with Gasteiger partial charge in [0.15, 0.2) is 0 Å². The fourth-order valence-corrected chi connectivity index (χ4v) is 2.73. The monoisotopic (exact) mass is 227 g/mol. The molecule has 1 saturated heterocycles. The van der Waals surface area contributed by atoms with E-state index in [1.165, 1.54) is 0 Å². The number of rotatable bonds is 1. The zero-order chi connectivity index (χ0) is 11.9. The summed E-state index contributed by atoms with van der Waals surface area (Å²) in [6, 6.07) is 0. The molecule has 92 valence electrons. The van der Waals surface area contributed by atoms with Crippen LogP contribution in [0.2, 0.25) is 0 Å². The van der Waals surface area contributed by atoms with Crippen LogP contribution in [0.15, 0.2) is 0 Å². The Morgan fingerprint density at radius 3 is 2.69 bits per heavy atom. The van der Waals surface area contributed by atoms with Crippen molar-refractivity contribution in [3.63, 3.8) is 0 Å². The van der Waals surface area contributed by atoms with Crippen LogP contribution in [0.5, 0.6) is 0 Å². The van der Waals surface area contributed by atoms with Crippen molar-refractivity contribution in [2.24, 2.45) is 17.8 Å². The number of aliphatic hydroxyl groups excluding tert-OH is 1. The van der Waals surface area contributed by atoms with Gasteiger partial charge in [0.1, 0.15) is 5.60 Å². The molecule has 3 unspecified atom stereocenters. The van der Waals surface area contributed by atoms with E-state index in [4.69, 9.17) is 9.84 Å². The Labute approximate surface area is 96.6 Å². The molecule has 0 aromatic heterocycles. The van der Waals surface area contributed by atoms with Gasteiger partial charge in [0.05, 0.1) is 0 Å². The molecule has 0 aromatic rings. The van der Waals surface area contributed by atoms with Crippen molar-refractivity contribution in [2.75, 3.05) is 19.7 Å². The summed E-state index contributed by atoms with van der Waals surface area (Å²) in [6.07, 6.45) is 0.846. The first kappa shape index (κ1) is 11.7. The Morgan fingerprint density at radius 1 is 1.44 bits per heavy atom. The summed E-state index contributed by atoms with van der Waals surface area (Å²) in [5, 5.41) is 9.11. The molecular formula is C12H21NO3. The van der Waals surface area contributed by atoms with Crippen molar-refractivity contribution in [3.8, 4) is 0 Å². The molecule has 1 aliphatic carbocycles. The van der Waals surface area contributed by atoms with E-state index in [1.54, 1.807) is 4.90 Å². The van der Waals surface area contributed by atoms with E-state index in [2.05, 4.69) is 0 Å². The van der Waals surface area contributed by atoms with Crippen molar-refractivity contribution in [1.82, 2.24) is 4.90 Å². The number of aliphatic hydroxyl groups is 1. The quantitative estimate of drug-likeness (QED) is 0.738. The molecule has 0 spiro atoms. The Hall–Kier alpha value is -0.770. The zero-order valence-corrected chi connectivity index (χ0v) is 10.3. The number of amides is 1. The van der Waals surface area contributed by atoms with E-state index in [-0.39, 0.29) is 12.7 Å². The van der Waals surface area contributed by atoms with E-state index >= 15 is 0 Å². The number of likely N-dealkylation sites (tertiary alicyclic amines) is 1. The predicted octanol–water partition coefficient (Wildman–Crippen LogP) is 1.48. The molecule has 1 N–H and O–H groups in total. The van der Waals surface area contributed by atoms with Crippen LogP contribution >= 0.6 is 0 Å². The predicted molar refractivity (Wildman–Crippen MR) is 60.0 cm³/mol.